The number of fused-ring (bicyclic) bond motifs is 1. The van der Waals surface area contributed by atoms with E-state index < -0.39 is 10.1 Å². The maximum atomic E-state index is 11.3. The Morgan fingerprint density at radius 3 is 2.20 bits per heavy atom. The Balaban J connectivity index is 2.16. The largest absolute Gasteiger partial charge is 0.398 e. The van der Waals surface area contributed by atoms with Gasteiger partial charge in [-0.15, -0.1) is 5.11 Å². The monoisotopic (exact) mass is 356 g/mol. The fraction of sp³-hybridized carbons (Fsp3) is 0.0588. The predicted octanol–water partition coefficient (Wildman–Crippen LogP) is 3.97. The summed E-state index contributed by atoms with van der Waals surface area (Å²) in [7, 11) is -4.33. The van der Waals surface area contributed by atoms with Gasteiger partial charge in [0.2, 0.25) is 0 Å². The molecule has 0 aliphatic rings. The third-order valence-corrected chi connectivity index (χ3v) is 4.59. The molecule has 128 valence electrons. The van der Waals surface area contributed by atoms with Crippen molar-refractivity contribution in [1.82, 2.24) is 0 Å². The van der Waals surface area contributed by atoms with Gasteiger partial charge in [-0.05, 0) is 37.3 Å². The lowest BCUT2D eigenvalue weighted by Gasteiger charge is -2.09. The van der Waals surface area contributed by atoms with Crippen LogP contribution in [0.15, 0.2) is 63.7 Å². The smallest absolute Gasteiger partial charge is 0.294 e. The Morgan fingerprint density at radius 1 is 0.880 bits per heavy atom. The molecule has 7 nitrogen and oxygen atoms in total. The van der Waals surface area contributed by atoms with Crippen molar-refractivity contribution < 1.29 is 13.0 Å². The average Bonchev–Trinajstić information content (AvgIpc) is 2.55. The standard InChI is InChI=1S/C17H16N4O3S/c1-10-2-4-11(5-3-10)20-21-17-13-7-6-12(25(22,23)24)8-14(13)15(18)9-16(17)19/h2-9H,18-19H2,1H3,(H,22,23,24). The van der Waals surface area contributed by atoms with Crippen molar-refractivity contribution in [2.75, 3.05) is 11.5 Å². The zero-order valence-corrected chi connectivity index (χ0v) is 14.2. The van der Waals surface area contributed by atoms with Crippen LogP contribution in [-0.4, -0.2) is 13.0 Å². The third kappa shape index (κ3) is 3.44. The van der Waals surface area contributed by atoms with Crippen molar-refractivity contribution >= 4 is 43.6 Å². The first-order valence-corrected chi connectivity index (χ1v) is 8.77. The molecule has 0 unspecified atom stereocenters. The molecule has 0 amide bonds. The van der Waals surface area contributed by atoms with Gasteiger partial charge in [-0.2, -0.15) is 13.5 Å². The Kier molecular flexibility index (Phi) is 4.15. The Morgan fingerprint density at radius 2 is 1.56 bits per heavy atom. The number of azo groups is 1. The molecule has 5 N–H and O–H groups in total. The molecule has 0 bridgehead atoms. The fourth-order valence-electron chi connectivity index (χ4n) is 2.43. The lowest BCUT2D eigenvalue weighted by atomic mass is 10.1. The van der Waals surface area contributed by atoms with E-state index in [2.05, 4.69) is 10.2 Å². The highest BCUT2D eigenvalue weighted by Gasteiger charge is 2.14. The van der Waals surface area contributed by atoms with Crippen molar-refractivity contribution in [3.63, 3.8) is 0 Å². The fourth-order valence-corrected chi connectivity index (χ4v) is 2.94. The van der Waals surface area contributed by atoms with Crippen LogP contribution >= 0.6 is 0 Å². The van der Waals surface area contributed by atoms with Crippen LogP contribution in [0.1, 0.15) is 5.56 Å². The number of rotatable bonds is 3. The van der Waals surface area contributed by atoms with Gasteiger partial charge in [-0.25, -0.2) is 0 Å². The number of hydrogen-bond acceptors (Lipinski definition) is 6. The normalized spacial score (nSPS) is 12.1. The van der Waals surface area contributed by atoms with E-state index in [4.69, 9.17) is 11.5 Å². The van der Waals surface area contributed by atoms with E-state index in [1.54, 1.807) is 0 Å². The summed E-state index contributed by atoms with van der Waals surface area (Å²) >= 11 is 0. The van der Waals surface area contributed by atoms with Crippen LogP contribution in [0, 0.1) is 6.92 Å². The minimum atomic E-state index is -4.33. The molecule has 0 atom stereocenters. The molecule has 0 aliphatic heterocycles. The lowest BCUT2D eigenvalue weighted by Crippen LogP contribution is -1.99. The predicted molar refractivity (Wildman–Crippen MR) is 97.9 cm³/mol. The van der Waals surface area contributed by atoms with E-state index in [1.165, 1.54) is 24.3 Å². The van der Waals surface area contributed by atoms with Crippen LogP contribution in [-0.2, 0) is 10.1 Å². The van der Waals surface area contributed by atoms with Gasteiger partial charge in [0, 0.05) is 16.5 Å². The molecule has 3 aromatic rings. The number of benzene rings is 3. The molecule has 0 spiro atoms. The van der Waals surface area contributed by atoms with Crippen LogP contribution in [0.5, 0.6) is 0 Å². The van der Waals surface area contributed by atoms with Gasteiger partial charge >= 0.3 is 0 Å². The summed E-state index contributed by atoms with van der Waals surface area (Å²) in [6.45, 7) is 1.97. The molecule has 0 fully saturated rings. The second kappa shape index (κ2) is 6.15. The van der Waals surface area contributed by atoms with E-state index in [0.717, 1.165) is 5.56 Å². The van der Waals surface area contributed by atoms with Crippen LogP contribution < -0.4 is 11.5 Å². The number of aryl methyl sites for hydroxylation is 1. The highest BCUT2D eigenvalue weighted by molar-refractivity contribution is 7.85. The lowest BCUT2D eigenvalue weighted by molar-refractivity contribution is 0.483. The zero-order valence-electron chi connectivity index (χ0n) is 13.3. The van der Waals surface area contributed by atoms with E-state index in [1.807, 2.05) is 31.2 Å². The van der Waals surface area contributed by atoms with E-state index in [-0.39, 0.29) is 10.6 Å². The van der Waals surface area contributed by atoms with Crippen molar-refractivity contribution in [3.8, 4) is 0 Å². The minimum absolute atomic E-state index is 0.252. The summed E-state index contributed by atoms with van der Waals surface area (Å²) in [5, 5.41) is 9.33. The second-order valence-corrected chi connectivity index (χ2v) is 7.04. The van der Waals surface area contributed by atoms with Crippen molar-refractivity contribution in [2.24, 2.45) is 10.2 Å². The molecule has 0 saturated carbocycles. The number of nitrogen functional groups attached to an aromatic ring is 2. The summed E-state index contributed by atoms with van der Waals surface area (Å²) in [5.74, 6) is 0. The molecular weight excluding hydrogens is 340 g/mol. The number of hydrogen-bond donors (Lipinski definition) is 3. The van der Waals surface area contributed by atoms with Crippen LogP contribution in [0.25, 0.3) is 10.8 Å². The van der Waals surface area contributed by atoms with Crippen molar-refractivity contribution in [3.05, 3.63) is 54.1 Å². The van der Waals surface area contributed by atoms with Crippen LogP contribution in [0.2, 0.25) is 0 Å². The summed E-state index contributed by atoms with van der Waals surface area (Å²) in [5.41, 5.74) is 14.7. The molecule has 25 heavy (non-hydrogen) atoms. The molecular formula is C17H16N4O3S. The quantitative estimate of drug-likeness (QED) is 0.371. The van der Waals surface area contributed by atoms with Gasteiger partial charge in [0.25, 0.3) is 10.1 Å². The molecule has 0 aromatic heterocycles. The number of nitrogens with two attached hydrogens (primary N) is 2. The summed E-state index contributed by atoms with van der Waals surface area (Å²) in [4.78, 5) is -0.252. The molecule has 8 heteroatoms. The summed E-state index contributed by atoms with van der Waals surface area (Å²) < 4.78 is 31.9. The molecule has 0 radical (unpaired) electrons. The number of anilines is 2. The topological polar surface area (TPSA) is 131 Å². The Hall–Kier alpha value is -2.97. The van der Waals surface area contributed by atoms with Crippen molar-refractivity contribution in [2.45, 2.75) is 11.8 Å². The van der Waals surface area contributed by atoms with E-state index in [0.29, 0.717) is 27.8 Å². The minimum Gasteiger partial charge on any atom is -0.398 e. The molecule has 0 aliphatic carbocycles. The zero-order chi connectivity index (χ0) is 18.2. The maximum absolute atomic E-state index is 11.3. The van der Waals surface area contributed by atoms with Gasteiger partial charge in [0.05, 0.1) is 16.3 Å². The Labute approximate surface area is 144 Å². The SMILES string of the molecule is Cc1ccc(N=Nc2c(N)cc(N)c3cc(S(=O)(=O)O)ccc23)cc1. The highest BCUT2D eigenvalue weighted by Crippen LogP contribution is 2.38. The van der Waals surface area contributed by atoms with Crippen molar-refractivity contribution in [1.29, 1.82) is 0 Å². The third-order valence-electron chi connectivity index (χ3n) is 3.74. The molecule has 3 rings (SSSR count). The average molecular weight is 356 g/mol. The maximum Gasteiger partial charge on any atom is 0.294 e. The van der Waals surface area contributed by atoms with Gasteiger partial charge in [0.15, 0.2) is 0 Å². The van der Waals surface area contributed by atoms with Gasteiger partial charge in [0.1, 0.15) is 5.69 Å². The first-order valence-electron chi connectivity index (χ1n) is 7.33. The Bertz CT molecular complexity index is 1090. The van der Waals surface area contributed by atoms with Crippen LogP contribution in [0.3, 0.4) is 0 Å². The first-order chi connectivity index (χ1) is 11.8. The van der Waals surface area contributed by atoms with E-state index in [9.17, 15) is 13.0 Å². The molecule has 0 heterocycles. The van der Waals surface area contributed by atoms with Gasteiger partial charge in [-0.3, -0.25) is 4.55 Å². The summed E-state index contributed by atoms with van der Waals surface area (Å²) in [6.07, 6.45) is 0. The summed E-state index contributed by atoms with van der Waals surface area (Å²) in [6, 6.07) is 13.0. The molecule has 3 aromatic carbocycles. The first kappa shape index (κ1) is 16.9. The highest BCUT2D eigenvalue weighted by atomic mass is 32.2. The van der Waals surface area contributed by atoms with Gasteiger partial charge < -0.3 is 11.5 Å². The number of nitrogens with zero attached hydrogens (tertiary/aromatic N) is 2. The van der Waals surface area contributed by atoms with Crippen LogP contribution in [0.4, 0.5) is 22.7 Å². The second-order valence-electron chi connectivity index (χ2n) is 5.62. The van der Waals surface area contributed by atoms with E-state index >= 15 is 0 Å². The molecule has 0 saturated heterocycles. The van der Waals surface area contributed by atoms with Gasteiger partial charge in [-0.1, -0.05) is 23.8 Å².